The van der Waals surface area contributed by atoms with Crippen molar-refractivity contribution in [3.05, 3.63) is 21.3 Å². The Kier molecular flexibility index (Phi) is 2.95. The first-order valence-corrected chi connectivity index (χ1v) is 4.46. The van der Waals surface area contributed by atoms with Crippen LogP contribution in [0.3, 0.4) is 0 Å². The maximum Gasteiger partial charge on any atom is 0.0955 e. The molecule has 0 amide bonds. The average Bonchev–Trinajstić information content (AvgIpc) is 2.31. The van der Waals surface area contributed by atoms with E-state index in [1.54, 1.807) is 0 Å². The maximum absolute atomic E-state index is 5.79. The van der Waals surface area contributed by atoms with Gasteiger partial charge in [-0.05, 0) is 18.4 Å². The van der Waals surface area contributed by atoms with Crippen molar-refractivity contribution < 1.29 is 0 Å². The number of hydrogen-bond donors (Lipinski definition) is 1. The van der Waals surface area contributed by atoms with Crippen LogP contribution in [0.25, 0.3) is 0 Å². The van der Waals surface area contributed by atoms with E-state index in [2.05, 4.69) is 11.8 Å². The van der Waals surface area contributed by atoms with Crippen molar-refractivity contribution in [3.8, 4) is 11.8 Å². The summed E-state index contributed by atoms with van der Waals surface area (Å²) in [6.07, 6.45) is 0. The maximum atomic E-state index is 5.79. The second-order valence-electron chi connectivity index (χ2n) is 2.16. The molecule has 0 aliphatic heterocycles. The molecule has 1 atom stereocenters. The molecule has 1 aromatic heterocycles. The molecule has 58 valence electrons. The lowest BCUT2D eigenvalue weighted by atomic mass is 10.3. The van der Waals surface area contributed by atoms with Gasteiger partial charge in [0, 0.05) is 0 Å². The van der Waals surface area contributed by atoms with E-state index in [0.29, 0.717) is 5.02 Å². The molecule has 0 radical (unpaired) electrons. The zero-order valence-electron chi connectivity index (χ0n) is 6.10. The summed E-state index contributed by atoms with van der Waals surface area (Å²) >= 11 is 7.32. The normalized spacial score (nSPS) is 11.9. The van der Waals surface area contributed by atoms with Crippen molar-refractivity contribution in [1.29, 1.82) is 0 Å². The summed E-state index contributed by atoms with van der Waals surface area (Å²) in [7, 11) is 0. The van der Waals surface area contributed by atoms with E-state index in [9.17, 15) is 0 Å². The topological polar surface area (TPSA) is 26.0 Å². The molecule has 0 aliphatic carbocycles. The van der Waals surface area contributed by atoms with Crippen LogP contribution in [0.2, 0.25) is 5.02 Å². The van der Waals surface area contributed by atoms with Crippen molar-refractivity contribution >= 4 is 22.9 Å². The van der Waals surface area contributed by atoms with Crippen molar-refractivity contribution in [2.75, 3.05) is 0 Å². The van der Waals surface area contributed by atoms with E-state index in [1.807, 2.05) is 18.4 Å². The summed E-state index contributed by atoms with van der Waals surface area (Å²) in [6, 6.07) is 1.74. The largest absolute Gasteiger partial charge is 0.318 e. The minimum atomic E-state index is -0.0897. The van der Waals surface area contributed by atoms with Crippen LogP contribution in [-0.4, -0.2) is 6.04 Å². The molecule has 0 aromatic carbocycles. The van der Waals surface area contributed by atoms with Crippen LogP contribution in [0.5, 0.6) is 0 Å². The van der Waals surface area contributed by atoms with Gasteiger partial charge in [0.2, 0.25) is 0 Å². The number of hydrogen-bond acceptors (Lipinski definition) is 2. The standard InChI is InChI=1S/C8H8ClNS/c1-6(10)2-3-8-7(9)4-5-11-8/h4-6H,10H2,1H3. The molecule has 0 spiro atoms. The van der Waals surface area contributed by atoms with Crippen LogP contribution in [0.15, 0.2) is 11.4 Å². The Morgan fingerprint density at radius 1 is 1.73 bits per heavy atom. The van der Waals surface area contributed by atoms with Crippen molar-refractivity contribution in [2.45, 2.75) is 13.0 Å². The quantitative estimate of drug-likeness (QED) is 0.616. The van der Waals surface area contributed by atoms with Gasteiger partial charge >= 0.3 is 0 Å². The first-order valence-electron chi connectivity index (χ1n) is 3.20. The van der Waals surface area contributed by atoms with Crippen LogP contribution in [0.4, 0.5) is 0 Å². The zero-order chi connectivity index (χ0) is 8.27. The Labute approximate surface area is 75.2 Å². The smallest absolute Gasteiger partial charge is 0.0955 e. The molecular weight excluding hydrogens is 178 g/mol. The van der Waals surface area contributed by atoms with E-state index >= 15 is 0 Å². The monoisotopic (exact) mass is 185 g/mol. The third-order valence-electron chi connectivity index (χ3n) is 1.03. The second-order valence-corrected chi connectivity index (χ2v) is 3.48. The summed E-state index contributed by atoms with van der Waals surface area (Å²) in [4.78, 5) is 0.893. The molecule has 0 saturated carbocycles. The first-order chi connectivity index (χ1) is 5.20. The van der Waals surface area contributed by atoms with Gasteiger partial charge in [-0.1, -0.05) is 23.4 Å². The summed E-state index contributed by atoms with van der Waals surface area (Å²) in [5, 5.41) is 2.62. The highest BCUT2D eigenvalue weighted by Crippen LogP contribution is 2.20. The van der Waals surface area contributed by atoms with Gasteiger partial charge < -0.3 is 5.73 Å². The predicted molar refractivity (Wildman–Crippen MR) is 49.9 cm³/mol. The summed E-state index contributed by atoms with van der Waals surface area (Å²) in [5.74, 6) is 5.75. The van der Waals surface area contributed by atoms with Gasteiger partial charge in [-0.3, -0.25) is 0 Å². The van der Waals surface area contributed by atoms with E-state index < -0.39 is 0 Å². The predicted octanol–water partition coefficient (Wildman–Crippen LogP) is 2.10. The van der Waals surface area contributed by atoms with E-state index in [0.717, 1.165) is 4.88 Å². The summed E-state index contributed by atoms with van der Waals surface area (Å²) in [5.41, 5.74) is 5.45. The van der Waals surface area contributed by atoms with Gasteiger partial charge in [0.15, 0.2) is 0 Å². The third-order valence-corrected chi connectivity index (χ3v) is 2.29. The van der Waals surface area contributed by atoms with Gasteiger partial charge in [0.05, 0.1) is 15.9 Å². The Bertz CT molecular complexity index is 293. The lowest BCUT2D eigenvalue weighted by Crippen LogP contribution is -2.10. The van der Waals surface area contributed by atoms with Crippen LogP contribution in [0.1, 0.15) is 11.8 Å². The Hall–Kier alpha value is -0.490. The lowest BCUT2D eigenvalue weighted by molar-refractivity contribution is 0.959. The first kappa shape index (κ1) is 8.61. The highest BCUT2D eigenvalue weighted by Gasteiger charge is 1.95. The Balaban J connectivity index is 2.81. The number of nitrogens with two attached hydrogens (primary N) is 1. The molecule has 0 fully saturated rings. The van der Waals surface area contributed by atoms with Crippen molar-refractivity contribution in [1.82, 2.24) is 0 Å². The molecule has 0 aliphatic rings. The van der Waals surface area contributed by atoms with Crippen LogP contribution >= 0.6 is 22.9 Å². The summed E-state index contributed by atoms with van der Waals surface area (Å²) < 4.78 is 0. The molecule has 1 unspecified atom stereocenters. The average molecular weight is 186 g/mol. The molecular formula is C8H8ClNS. The van der Waals surface area contributed by atoms with E-state index in [-0.39, 0.29) is 6.04 Å². The Morgan fingerprint density at radius 3 is 2.91 bits per heavy atom. The molecule has 1 nitrogen and oxygen atoms in total. The SMILES string of the molecule is CC(N)C#Cc1sccc1Cl. The van der Waals surface area contributed by atoms with E-state index in [4.69, 9.17) is 17.3 Å². The molecule has 11 heavy (non-hydrogen) atoms. The number of thiophene rings is 1. The fourth-order valence-electron chi connectivity index (χ4n) is 0.562. The molecule has 0 bridgehead atoms. The summed E-state index contributed by atoms with van der Waals surface area (Å²) in [6.45, 7) is 1.84. The zero-order valence-corrected chi connectivity index (χ0v) is 7.67. The molecule has 0 saturated heterocycles. The molecule has 1 rings (SSSR count). The highest BCUT2D eigenvalue weighted by atomic mass is 35.5. The van der Waals surface area contributed by atoms with Crippen LogP contribution < -0.4 is 5.73 Å². The minimum Gasteiger partial charge on any atom is -0.318 e. The van der Waals surface area contributed by atoms with Crippen molar-refractivity contribution in [2.24, 2.45) is 5.73 Å². The minimum absolute atomic E-state index is 0.0897. The Morgan fingerprint density at radius 2 is 2.45 bits per heavy atom. The fourth-order valence-corrected chi connectivity index (χ4v) is 1.52. The van der Waals surface area contributed by atoms with E-state index in [1.165, 1.54) is 11.3 Å². The molecule has 1 aromatic rings. The second kappa shape index (κ2) is 3.77. The van der Waals surface area contributed by atoms with Gasteiger partial charge in [0.25, 0.3) is 0 Å². The lowest BCUT2D eigenvalue weighted by Gasteiger charge is -1.87. The van der Waals surface area contributed by atoms with Crippen LogP contribution in [0, 0.1) is 11.8 Å². The fraction of sp³-hybridized carbons (Fsp3) is 0.250. The molecule has 1 heterocycles. The van der Waals surface area contributed by atoms with Gasteiger partial charge in [-0.2, -0.15) is 0 Å². The highest BCUT2D eigenvalue weighted by molar-refractivity contribution is 7.11. The molecule has 2 N–H and O–H groups in total. The number of rotatable bonds is 0. The molecule has 3 heteroatoms. The number of halogens is 1. The third kappa shape index (κ3) is 2.55. The van der Waals surface area contributed by atoms with Crippen LogP contribution in [-0.2, 0) is 0 Å². The van der Waals surface area contributed by atoms with Gasteiger partial charge in [-0.15, -0.1) is 11.3 Å². The van der Waals surface area contributed by atoms with Crippen molar-refractivity contribution in [3.63, 3.8) is 0 Å². The van der Waals surface area contributed by atoms with Gasteiger partial charge in [-0.25, -0.2) is 0 Å². The van der Waals surface area contributed by atoms with Gasteiger partial charge in [0.1, 0.15) is 0 Å².